The summed E-state index contributed by atoms with van der Waals surface area (Å²) in [6.45, 7) is 19.8. The van der Waals surface area contributed by atoms with E-state index in [1.165, 1.54) is 0 Å². The van der Waals surface area contributed by atoms with Crippen molar-refractivity contribution < 1.29 is 8.85 Å². The van der Waals surface area contributed by atoms with Crippen molar-refractivity contribution in [2.75, 3.05) is 13.2 Å². The Hall–Kier alpha value is 0.314. The molecule has 3 nitrogen and oxygen atoms in total. The van der Waals surface area contributed by atoms with Gasteiger partial charge in [-0.15, -0.1) is 0 Å². The van der Waals surface area contributed by atoms with Gasteiger partial charge in [0.1, 0.15) is 0 Å². The highest BCUT2D eigenvalue weighted by atomic mass is 28.4. The lowest BCUT2D eigenvalue weighted by molar-refractivity contribution is 0.163. The zero-order valence-electron chi connectivity index (χ0n) is 14.3. The van der Waals surface area contributed by atoms with E-state index < -0.39 is 16.6 Å². The van der Waals surface area contributed by atoms with Crippen LogP contribution in [-0.4, -0.2) is 35.5 Å². The van der Waals surface area contributed by atoms with Crippen molar-refractivity contribution in [2.45, 2.75) is 77.5 Å². The predicted octanol–water partition coefficient (Wildman–Crippen LogP) is 3.90. The van der Waals surface area contributed by atoms with Crippen molar-refractivity contribution in [3.05, 3.63) is 0 Å². The lowest BCUT2D eigenvalue weighted by Crippen LogP contribution is -2.54. The second-order valence-electron chi connectivity index (χ2n) is 7.19. The molecular formula is C14H35NO2Si2. The lowest BCUT2D eigenvalue weighted by atomic mass is 10.2. The highest BCUT2D eigenvalue weighted by Gasteiger charge is 2.44. The Morgan fingerprint density at radius 3 is 2.05 bits per heavy atom. The second kappa shape index (κ2) is 7.36. The summed E-state index contributed by atoms with van der Waals surface area (Å²) >= 11 is 0. The topological polar surface area (TPSA) is 44.5 Å². The van der Waals surface area contributed by atoms with Crippen LogP contribution in [-0.2, 0) is 8.85 Å². The van der Waals surface area contributed by atoms with Gasteiger partial charge in [-0.3, -0.25) is 0 Å². The molecule has 116 valence electrons. The Morgan fingerprint density at radius 1 is 1.16 bits per heavy atom. The van der Waals surface area contributed by atoms with E-state index in [1.807, 2.05) is 6.92 Å². The summed E-state index contributed by atoms with van der Waals surface area (Å²) in [6, 6.07) is 0.996. The average Bonchev–Trinajstić information content (AvgIpc) is 2.25. The van der Waals surface area contributed by atoms with E-state index in [-0.39, 0.29) is 0 Å². The standard InChI is InChI=1S/C14H35NO2Si2/c1-9-16-19(8,12-10-11-15)17-13(2)18(6,7)14(3,4)5/h13H,9-12,15H2,1-8H3. The van der Waals surface area contributed by atoms with Crippen LogP contribution in [0.15, 0.2) is 0 Å². The van der Waals surface area contributed by atoms with Gasteiger partial charge in [0.15, 0.2) is 0 Å². The van der Waals surface area contributed by atoms with Gasteiger partial charge in [0.2, 0.25) is 0 Å². The maximum Gasteiger partial charge on any atom is 0.334 e. The Morgan fingerprint density at radius 2 is 1.68 bits per heavy atom. The largest absolute Gasteiger partial charge is 0.395 e. The van der Waals surface area contributed by atoms with Crippen LogP contribution in [0.25, 0.3) is 0 Å². The van der Waals surface area contributed by atoms with Crippen LogP contribution in [0.1, 0.15) is 41.0 Å². The Balaban J connectivity index is 4.84. The Kier molecular flexibility index (Phi) is 7.48. The zero-order chi connectivity index (χ0) is 15.3. The fraction of sp³-hybridized carbons (Fsp3) is 1.00. The average molecular weight is 306 g/mol. The van der Waals surface area contributed by atoms with Crippen LogP contribution in [0.2, 0.25) is 30.7 Å². The van der Waals surface area contributed by atoms with E-state index in [0.29, 0.717) is 17.3 Å². The molecule has 0 fully saturated rings. The molecule has 0 bridgehead atoms. The van der Waals surface area contributed by atoms with Crippen LogP contribution < -0.4 is 5.73 Å². The van der Waals surface area contributed by atoms with E-state index in [9.17, 15) is 0 Å². The smallest absolute Gasteiger partial charge is 0.334 e. The third kappa shape index (κ3) is 5.67. The van der Waals surface area contributed by atoms with E-state index in [2.05, 4.69) is 47.3 Å². The third-order valence-electron chi connectivity index (χ3n) is 4.66. The molecule has 0 aromatic rings. The summed E-state index contributed by atoms with van der Waals surface area (Å²) in [4.78, 5) is 0. The zero-order valence-corrected chi connectivity index (χ0v) is 16.3. The molecule has 0 aromatic carbocycles. The van der Waals surface area contributed by atoms with E-state index in [0.717, 1.165) is 19.1 Å². The molecule has 0 rings (SSSR count). The van der Waals surface area contributed by atoms with Crippen molar-refractivity contribution >= 4 is 16.6 Å². The maximum absolute atomic E-state index is 6.49. The summed E-state index contributed by atoms with van der Waals surface area (Å²) < 4.78 is 12.5. The molecule has 0 heterocycles. The van der Waals surface area contributed by atoms with Gasteiger partial charge in [-0.05, 0) is 44.4 Å². The molecular weight excluding hydrogens is 270 g/mol. The first kappa shape index (κ1) is 19.3. The van der Waals surface area contributed by atoms with Gasteiger partial charge >= 0.3 is 8.56 Å². The molecule has 0 aromatic heterocycles. The van der Waals surface area contributed by atoms with E-state index in [4.69, 9.17) is 14.6 Å². The molecule has 2 N–H and O–H groups in total. The van der Waals surface area contributed by atoms with Crippen molar-refractivity contribution in [2.24, 2.45) is 5.73 Å². The third-order valence-corrected chi connectivity index (χ3v) is 13.9. The molecule has 0 saturated heterocycles. The van der Waals surface area contributed by atoms with Gasteiger partial charge in [-0.1, -0.05) is 33.9 Å². The van der Waals surface area contributed by atoms with Crippen LogP contribution in [0.4, 0.5) is 0 Å². The molecule has 2 atom stereocenters. The predicted molar refractivity (Wildman–Crippen MR) is 89.5 cm³/mol. The van der Waals surface area contributed by atoms with Crippen molar-refractivity contribution in [3.8, 4) is 0 Å². The minimum atomic E-state index is -2.07. The van der Waals surface area contributed by atoms with Gasteiger partial charge in [-0.2, -0.15) is 0 Å². The molecule has 0 aliphatic rings. The number of hydrogen-bond donors (Lipinski definition) is 1. The summed E-state index contributed by atoms with van der Waals surface area (Å²) in [5.74, 6) is 0. The normalized spacial score (nSPS) is 18.2. The molecule has 0 aliphatic carbocycles. The second-order valence-corrected chi connectivity index (χ2v) is 16.2. The first-order chi connectivity index (χ1) is 8.50. The highest BCUT2D eigenvalue weighted by Crippen LogP contribution is 2.40. The van der Waals surface area contributed by atoms with Gasteiger partial charge in [0.05, 0.1) is 8.07 Å². The Bertz CT molecular complexity index is 267. The summed E-state index contributed by atoms with van der Waals surface area (Å²) in [5, 5.41) is 0.335. The molecule has 19 heavy (non-hydrogen) atoms. The first-order valence-electron chi connectivity index (χ1n) is 7.52. The number of hydrogen-bond acceptors (Lipinski definition) is 3. The van der Waals surface area contributed by atoms with Crippen molar-refractivity contribution in [1.29, 1.82) is 0 Å². The van der Waals surface area contributed by atoms with Crippen LogP contribution in [0.5, 0.6) is 0 Å². The van der Waals surface area contributed by atoms with Crippen LogP contribution >= 0.6 is 0 Å². The fourth-order valence-electron chi connectivity index (χ4n) is 2.02. The summed E-state index contributed by atoms with van der Waals surface area (Å²) in [7, 11) is -3.55. The summed E-state index contributed by atoms with van der Waals surface area (Å²) in [5.41, 5.74) is 5.95. The van der Waals surface area contributed by atoms with Gasteiger partial charge in [-0.25, -0.2) is 0 Å². The minimum absolute atomic E-state index is 0.313. The van der Waals surface area contributed by atoms with Gasteiger partial charge < -0.3 is 14.6 Å². The van der Waals surface area contributed by atoms with Gasteiger partial charge in [0.25, 0.3) is 0 Å². The Labute approximate surface area is 122 Å². The monoisotopic (exact) mass is 305 g/mol. The highest BCUT2D eigenvalue weighted by molar-refractivity contribution is 6.82. The van der Waals surface area contributed by atoms with Gasteiger partial charge in [0, 0.05) is 12.3 Å². The minimum Gasteiger partial charge on any atom is -0.395 e. The molecule has 0 aliphatic heterocycles. The molecule has 0 saturated carbocycles. The molecule has 2 unspecified atom stereocenters. The van der Waals surface area contributed by atoms with Crippen molar-refractivity contribution in [1.82, 2.24) is 0 Å². The SMILES string of the molecule is CCO[Si](C)(CCCN)OC(C)[Si](C)(C)C(C)(C)C. The number of nitrogens with two attached hydrogens (primary N) is 1. The van der Waals surface area contributed by atoms with E-state index in [1.54, 1.807) is 0 Å². The van der Waals surface area contributed by atoms with Crippen LogP contribution in [0, 0.1) is 0 Å². The van der Waals surface area contributed by atoms with Crippen molar-refractivity contribution in [3.63, 3.8) is 0 Å². The molecule has 0 spiro atoms. The first-order valence-corrected chi connectivity index (χ1v) is 13.1. The maximum atomic E-state index is 6.49. The summed E-state index contributed by atoms with van der Waals surface area (Å²) in [6.07, 6.45) is 0.993. The van der Waals surface area contributed by atoms with E-state index >= 15 is 0 Å². The number of rotatable bonds is 8. The quantitative estimate of drug-likeness (QED) is 0.692. The van der Waals surface area contributed by atoms with Crippen LogP contribution in [0.3, 0.4) is 0 Å². The lowest BCUT2D eigenvalue weighted by Gasteiger charge is -2.44. The fourth-order valence-corrected chi connectivity index (χ4v) is 7.71. The molecule has 5 heteroatoms. The molecule has 0 amide bonds. The molecule has 0 radical (unpaired) electrons.